The van der Waals surface area contributed by atoms with Crippen LogP contribution in [0, 0.1) is 17.2 Å². The van der Waals surface area contributed by atoms with Crippen molar-refractivity contribution in [3.63, 3.8) is 0 Å². The van der Waals surface area contributed by atoms with Crippen LogP contribution in [0.15, 0.2) is 30.6 Å². The Hall–Kier alpha value is -2.48. The Morgan fingerprint density at radius 3 is 2.90 bits per heavy atom. The van der Waals surface area contributed by atoms with Crippen LogP contribution in [0.25, 0.3) is 11.0 Å². The zero-order valence-corrected chi connectivity index (χ0v) is 11.0. The molecule has 20 heavy (non-hydrogen) atoms. The summed E-state index contributed by atoms with van der Waals surface area (Å²) in [5.74, 6) is -0.0783. The number of aromatic nitrogens is 2. The third kappa shape index (κ3) is 2.32. The summed E-state index contributed by atoms with van der Waals surface area (Å²) in [6.07, 6.45) is 5.01. The highest BCUT2D eigenvalue weighted by atomic mass is 16.2. The maximum absolute atomic E-state index is 12.5. The van der Waals surface area contributed by atoms with Crippen molar-refractivity contribution in [2.24, 2.45) is 5.92 Å². The van der Waals surface area contributed by atoms with Gasteiger partial charge in [0.2, 0.25) is 0 Å². The van der Waals surface area contributed by atoms with E-state index in [-0.39, 0.29) is 11.8 Å². The lowest BCUT2D eigenvalue weighted by Gasteiger charge is -2.29. The number of carbonyl (C=O) groups excluding carboxylic acids is 1. The highest BCUT2D eigenvalue weighted by Gasteiger charge is 2.24. The lowest BCUT2D eigenvalue weighted by Crippen LogP contribution is -2.39. The normalized spacial score (nSPS) is 18.8. The average molecular weight is 266 g/mol. The van der Waals surface area contributed by atoms with E-state index in [0.29, 0.717) is 17.6 Å². The summed E-state index contributed by atoms with van der Waals surface area (Å²) in [6.45, 7) is 1.24. The third-order valence-electron chi connectivity index (χ3n) is 3.61. The summed E-state index contributed by atoms with van der Waals surface area (Å²) in [5, 5.41) is 9.00. The molecule has 1 aliphatic rings. The number of piperidine rings is 1. The van der Waals surface area contributed by atoms with Gasteiger partial charge in [-0.25, -0.2) is 0 Å². The van der Waals surface area contributed by atoms with E-state index in [0.717, 1.165) is 24.9 Å². The Kier molecular flexibility index (Phi) is 3.30. The first-order valence-electron chi connectivity index (χ1n) is 6.67. The molecule has 0 aliphatic carbocycles. The molecule has 1 fully saturated rings. The van der Waals surface area contributed by atoms with Gasteiger partial charge in [0.05, 0.1) is 23.0 Å². The molecule has 1 saturated heterocycles. The van der Waals surface area contributed by atoms with E-state index in [1.807, 2.05) is 0 Å². The number of amides is 1. The summed E-state index contributed by atoms with van der Waals surface area (Å²) < 4.78 is 0. The molecule has 100 valence electrons. The highest BCUT2D eigenvalue weighted by molar-refractivity contribution is 5.97. The molecule has 2 aromatic rings. The van der Waals surface area contributed by atoms with Crippen LogP contribution < -0.4 is 0 Å². The first-order valence-corrected chi connectivity index (χ1v) is 6.67. The number of nitrogens with zero attached hydrogens (tertiary/aromatic N) is 4. The van der Waals surface area contributed by atoms with Crippen molar-refractivity contribution in [2.45, 2.75) is 12.8 Å². The van der Waals surface area contributed by atoms with E-state index in [1.54, 1.807) is 35.5 Å². The van der Waals surface area contributed by atoms with Crippen molar-refractivity contribution >= 4 is 16.9 Å². The molecule has 1 atom stereocenters. The topological polar surface area (TPSA) is 69.9 Å². The molecule has 5 nitrogen and oxygen atoms in total. The monoisotopic (exact) mass is 266 g/mol. The number of benzene rings is 1. The van der Waals surface area contributed by atoms with Crippen molar-refractivity contribution in [2.75, 3.05) is 13.1 Å². The molecule has 1 amide bonds. The SMILES string of the molecule is N#CC1CCCN(C(=O)c2ccc3nccnc3c2)C1. The fourth-order valence-corrected chi connectivity index (χ4v) is 2.55. The standard InChI is InChI=1S/C15H14N4O/c16-9-11-2-1-7-19(10-11)15(20)12-3-4-13-14(8-12)18-6-5-17-13/h3-6,8,11H,1-2,7,10H2. The number of carbonyl (C=O) groups is 1. The average Bonchev–Trinajstić information content (AvgIpc) is 2.53. The Bertz CT molecular complexity index is 692. The summed E-state index contributed by atoms with van der Waals surface area (Å²) in [7, 11) is 0. The largest absolute Gasteiger partial charge is 0.337 e. The molecule has 1 unspecified atom stereocenters. The zero-order valence-electron chi connectivity index (χ0n) is 11.0. The highest BCUT2D eigenvalue weighted by Crippen LogP contribution is 2.19. The molecule has 1 aromatic carbocycles. The number of hydrogen-bond acceptors (Lipinski definition) is 4. The van der Waals surface area contributed by atoms with Crippen molar-refractivity contribution in [3.05, 3.63) is 36.2 Å². The first kappa shape index (κ1) is 12.5. The molecule has 1 aliphatic heterocycles. The van der Waals surface area contributed by atoms with Crippen molar-refractivity contribution < 1.29 is 4.79 Å². The van der Waals surface area contributed by atoms with Crippen molar-refractivity contribution in [1.29, 1.82) is 5.26 Å². The summed E-state index contributed by atoms with van der Waals surface area (Å²) >= 11 is 0. The van der Waals surface area contributed by atoms with E-state index in [9.17, 15) is 4.79 Å². The molecule has 0 saturated carbocycles. The summed E-state index contributed by atoms with van der Waals surface area (Å²) in [5.41, 5.74) is 2.10. The van der Waals surface area contributed by atoms with Gasteiger partial charge in [0.25, 0.3) is 5.91 Å². The molecule has 1 aromatic heterocycles. The molecule has 0 spiro atoms. The summed E-state index contributed by atoms with van der Waals surface area (Å²) in [6, 6.07) is 7.60. The van der Waals surface area contributed by atoms with Gasteiger partial charge in [-0.05, 0) is 31.0 Å². The van der Waals surface area contributed by atoms with Crippen LogP contribution >= 0.6 is 0 Å². The van der Waals surface area contributed by atoms with Crippen LogP contribution in [-0.2, 0) is 0 Å². The third-order valence-corrected chi connectivity index (χ3v) is 3.61. The number of nitriles is 1. The Morgan fingerprint density at radius 1 is 1.30 bits per heavy atom. The minimum Gasteiger partial charge on any atom is -0.337 e. The van der Waals surface area contributed by atoms with Crippen LogP contribution in [0.4, 0.5) is 0 Å². The van der Waals surface area contributed by atoms with Crippen LogP contribution in [0.2, 0.25) is 0 Å². The maximum atomic E-state index is 12.5. The van der Waals surface area contributed by atoms with Gasteiger partial charge >= 0.3 is 0 Å². The van der Waals surface area contributed by atoms with Gasteiger partial charge in [-0.1, -0.05) is 0 Å². The van der Waals surface area contributed by atoms with Gasteiger partial charge in [-0.15, -0.1) is 0 Å². The quantitative estimate of drug-likeness (QED) is 0.791. The fraction of sp³-hybridized carbons (Fsp3) is 0.333. The smallest absolute Gasteiger partial charge is 0.253 e. The van der Waals surface area contributed by atoms with E-state index in [1.165, 1.54) is 0 Å². The Balaban J connectivity index is 1.86. The van der Waals surface area contributed by atoms with Crippen LogP contribution in [0.3, 0.4) is 0 Å². The molecular weight excluding hydrogens is 252 g/mol. The first-order chi connectivity index (χ1) is 9.78. The number of likely N-dealkylation sites (tertiary alicyclic amines) is 1. The van der Waals surface area contributed by atoms with Crippen molar-refractivity contribution in [1.82, 2.24) is 14.9 Å². The van der Waals surface area contributed by atoms with Gasteiger partial charge in [0.15, 0.2) is 0 Å². The second-order valence-corrected chi connectivity index (χ2v) is 4.98. The van der Waals surface area contributed by atoms with E-state index in [2.05, 4.69) is 16.0 Å². The molecule has 5 heteroatoms. The van der Waals surface area contributed by atoms with E-state index >= 15 is 0 Å². The molecule has 0 bridgehead atoms. The predicted molar refractivity (Wildman–Crippen MR) is 73.8 cm³/mol. The molecule has 2 heterocycles. The van der Waals surface area contributed by atoms with Crippen LogP contribution in [0.1, 0.15) is 23.2 Å². The minimum absolute atomic E-state index is 0.0301. The van der Waals surface area contributed by atoms with E-state index < -0.39 is 0 Å². The van der Waals surface area contributed by atoms with Crippen LogP contribution in [-0.4, -0.2) is 33.9 Å². The summed E-state index contributed by atoms with van der Waals surface area (Å²) in [4.78, 5) is 22.6. The lowest BCUT2D eigenvalue weighted by molar-refractivity contribution is 0.0699. The Labute approximate surface area is 116 Å². The zero-order chi connectivity index (χ0) is 13.9. The molecule has 0 N–H and O–H groups in total. The van der Waals surface area contributed by atoms with Gasteiger partial charge in [0.1, 0.15) is 0 Å². The second kappa shape index (κ2) is 5.25. The predicted octanol–water partition coefficient (Wildman–Crippen LogP) is 2.01. The van der Waals surface area contributed by atoms with Gasteiger partial charge < -0.3 is 4.90 Å². The van der Waals surface area contributed by atoms with E-state index in [4.69, 9.17) is 5.26 Å². The fourth-order valence-electron chi connectivity index (χ4n) is 2.55. The number of hydrogen-bond donors (Lipinski definition) is 0. The second-order valence-electron chi connectivity index (χ2n) is 4.98. The molecule has 0 radical (unpaired) electrons. The Morgan fingerprint density at radius 2 is 2.10 bits per heavy atom. The maximum Gasteiger partial charge on any atom is 0.253 e. The molecular formula is C15H14N4O. The lowest BCUT2D eigenvalue weighted by atomic mass is 9.99. The van der Waals surface area contributed by atoms with Crippen LogP contribution in [0.5, 0.6) is 0 Å². The van der Waals surface area contributed by atoms with Crippen molar-refractivity contribution in [3.8, 4) is 6.07 Å². The molecule has 3 rings (SSSR count). The number of rotatable bonds is 1. The van der Waals surface area contributed by atoms with Gasteiger partial charge in [0, 0.05) is 31.0 Å². The van der Waals surface area contributed by atoms with Gasteiger partial charge in [-0.3, -0.25) is 14.8 Å². The number of fused-ring (bicyclic) bond motifs is 1. The minimum atomic E-state index is -0.0482. The van der Waals surface area contributed by atoms with Gasteiger partial charge in [-0.2, -0.15) is 5.26 Å².